The molecule has 7 heteroatoms. The molecule has 0 aliphatic rings. The Hall–Kier alpha value is -2.21. The summed E-state index contributed by atoms with van der Waals surface area (Å²) in [6.07, 6.45) is 1.13. The standard InChI is InChI=1S/C14H14ClN3O3/c1-14(2,3)9-6-4-5-7-10(9)21-13-11(18(19)20)12(15)16-8-17-13/h4-8H,1-3H3. The third-order valence-corrected chi connectivity index (χ3v) is 3.10. The molecule has 0 bridgehead atoms. The zero-order valence-corrected chi connectivity index (χ0v) is 12.6. The average Bonchev–Trinajstić information content (AvgIpc) is 2.37. The lowest BCUT2D eigenvalue weighted by Gasteiger charge is -2.22. The average molecular weight is 308 g/mol. The summed E-state index contributed by atoms with van der Waals surface area (Å²) in [6.45, 7) is 6.07. The van der Waals surface area contributed by atoms with Crippen LogP contribution in [0.25, 0.3) is 0 Å². The highest BCUT2D eigenvalue weighted by atomic mass is 35.5. The molecule has 0 fully saturated rings. The maximum Gasteiger partial charge on any atom is 0.368 e. The third kappa shape index (κ3) is 3.28. The summed E-state index contributed by atoms with van der Waals surface area (Å²) < 4.78 is 5.63. The van der Waals surface area contributed by atoms with Gasteiger partial charge in [0.15, 0.2) is 0 Å². The monoisotopic (exact) mass is 307 g/mol. The van der Waals surface area contributed by atoms with E-state index >= 15 is 0 Å². The number of rotatable bonds is 3. The molecule has 0 saturated heterocycles. The Morgan fingerprint density at radius 1 is 1.24 bits per heavy atom. The molecule has 0 aliphatic carbocycles. The normalized spacial score (nSPS) is 11.2. The molecule has 2 aromatic rings. The van der Waals surface area contributed by atoms with Crippen molar-refractivity contribution in [2.24, 2.45) is 0 Å². The number of hydrogen-bond acceptors (Lipinski definition) is 5. The van der Waals surface area contributed by atoms with Crippen LogP contribution in [-0.4, -0.2) is 14.9 Å². The van der Waals surface area contributed by atoms with E-state index in [-0.39, 0.29) is 16.4 Å². The summed E-state index contributed by atoms with van der Waals surface area (Å²) in [5, 5.41) is 10.8. The van der Waals surface area contributed by atoms with Gasteiger partial charge in [-0.15, -0.1) is 0 Å². The van der Waals surface area contributed by atoms with Gasteiger partial charge in [-0.05, 0) is 11.5 Å². The minimum atomic E-state index is -0.655. The van der Waals surface area contributed by atoms with E-state index in [0.29, 0.717) is 5.75 Å². The fourth-order valence-electron chi connectivity index (χ4n) is 1.85. The van der Waals surface area contributed by atoms with Gasteiger partial charge < -0.3 is 4.74 Å². The number of halogens is 1. The first kappa shape index (κ1) is 15.2. The largest absolute Gasteiger partial charge is 0.433 e. The van der Waals surface area contributed by atoms with Crippen molar-refractivity contribution in [1.29, 1.82) is 0 Å². The highest BCUT2D eigenvalue weighted by molar-refractivity contribution is 6.31. The molecule has 21 heavy (non-hydrogen) atoms. The quantitative estimate of drug-likeness (QED) is 0.484. The van der Waals surface area contributed by atoms with Gasteiger partial charge in [-0.1, -0.05) is 50.6 Å². The number of para-hydroxylation sites is 1. The van der Waals surface area contributed by atoms with E-state index in [0.717, 1.165) is 11.9 Å². The first-order valence-electron chi connectivity index (χ1n) is 6.23. The zero-order chi connectivity index (χ0) is 15.6. The van der Waals surface area contributed by atoms with Crippen molar-refractivity contribution in [1.82, 2.24) is 9.97 Å². The van der Waals surface area contributed by atoms with Crippen molar-refractivity contribution in [3.63, 3.8) is 0 Å². The summed E-state index contributed by atoms with van der Waals surface area (Å²) in [4.78, 5) is 17.8. The van der Waals surface area contributed by atoms with Crippen LogP contribution in [0.4, 0.5) is 5.69 Å². The second-order valence-corrected chi connectivity index (χ2v) is 5.78. The molecule has 1 aromatic carbocycles. The van der Waals surface area contributed by atoms with Crippen molar-refractivity contribution in [3.8, 4) is 11.6 Å². The maximum absolute atomic E-state index is 11.1. The van der Waals surface area contributed by atoms with Gasteiger partial charge in [-0.3, -0.25) is 10.1 Å². The topological polar surface area (TPSA) is 78.2 Å². The molecule has 0 aliphatic heterocycles. The van der Waals surface area contributed by atoms with Crippen LogP contribution in [0.1, 0.15) is 26.3 Å². The van der Waals surface area contributed by atoms with Gasteiger partial charge in [-0.25, -0.2) is 4.98 Å². The van der Waals surface area contributed by atoms with Crippen LogP contribution in [0.2, 0.25) is 5.15 Å². The Kier molecular flexibility index (Phi) is 4.09. The predicted octanol–water partition coefficient (Wildman–Crippen LogP) is 4.13. The minimum absolute atomic E-state index is 0.170. The van der Waals surface area contributed by atoms with Crippen molar-refractivity contribution in [2.75, 3.05) is 0 Å². The van der Waals surface area contributed by atoms with Crippen LogP contribution in [0.15, 0.2) is 30.6 Å². The fraction of sp³-hybridized carbons (Fsp3) is 0.286. The molecule has 0 unspecified atom stereocenters. The van der Waals surface area contributed by atoms with E-state index in [9.17, 15) is 10.1 Å². The van der Waals surface area contributed by atoms with Gasteiger partial charge in [-0.2, -0.15) is 4.98 Å². The first-order chi connectivity index (χ1) is 9.80. The van der Waals surface area contributed by atoms with Gasteiger partial charge >= 0.3 is 11.6 Å². The lowest BCUT2D eigenvalue weighted by Crippen LogP contribution is -2.12. The molecule has 0 N–H and O–H groups in total. The number of hydrogen-bond donors (Lipinski definition) is 0. The van der Waals surface area contributed by atoms with Crippen LogP contribution >= 0.6 is 11.6 Å². The Bertz CT molecular complexity index is 683. The molecule has 0 spiro atoms. The fourth-order valence-corrected chi connectivity index (χ4v) is 2.04. The third-order valence-electron chi connectivity index (χ3n) is 2.83. The number of benzene rings is 1. The summed E-state index contributed by atoms with van der Waals surface area (Å²) in [7, 11) is 0. The summed E-state index contributed by atoms with van der Waals surface area (Å²) >= 11 is 5.75. The van der Waals surface area contributed by atoms with Gasteiger partial charge in [0.2, 0.25) is 5.15 Å². The molecule has 1 aromatic heterocycles. The number of nitro groups is 1. The number of aromatic nitrogens is 2. The highest BCUT2D eigenvalue weighted by Gasteiger charge is 2.26. The van der Waals surface area contributed by atoms with E-state index in [1.54, 1.807) is 12.1 Å². The second kappa shape index (κ2) is 5.65. The molecule has 2 rings (SSSR count). The van der Waals surface area contributed by atoms with Gasteiger partial charge in [0.25, 0.3) is 0 Å². The van der Waals surface area contributed by atoms with Gasteiger partial charge in [0, 0.05) is 5.56 Å². The predicted molar refractivity (Wildman–Crippen MR) is 78.9 cm³/mol. The van der Waals surface area contributed by atoms with E-state index in [1.165, 1.54) is 0 Å². The lowest BCUT2D eigenvalue weighted by molar-refractivity contribution is -0.386. The Labute approximate surface area is 126 Å². The van der Waals surface area contributed by atoms with E-state index in [2.05, 4.69) is 9.97 Å². The van der Waals surface area contributed by atoms with E-state index in [4.69, 9.17) is 16.3 Å². The minimum Gasteiger partial charge on any atom is -0.433 e. The van der Waals surface area contributed by atoms with Crippen molar-refractivity contribution >= 4 is 17.3 Å². The molecule has 1 heterocycles. The summed E-state index contributed by atoms with van der Waals surface area (Å²) in [5.41, 5.74) is 0.291. The lowest BCUT2D eigenvalue weighted by atomic mass is 9.86. The first-order valence-corrected chi connectivity index (χ1v) is 6.60. The molecule has 0 atom stereocenters. The number of ether oxygens (including phenoxy) is 1. The van der Waals surface area contributed by atoms with Crippen LogP contribution in [0.5, 0.6) is 11.6 Å². The smallest absolute Gasteiger partial charge is 0.368 e. The van der Waals surface area contributed by atoms with E-state index in [1.807, 2.05) is 32.9 Å². The summed E-state index contributed by atoms with van der Waals surface area (Å²) in [6, 6.07) is 7.32. The van der Waals surface area contributed by atoms with Gasteiger partial charge in [0.05, 0.1) is 4.92 Å². The van der Waals surface area contributed by atoms with Crippen LogP contribution in [-0.2, 0) is 5.41 Å². The Balaban J connectivity index is 2.50. The SMILES string of the molecule is CC(C)(C)c1ccccc1Oc1ncnc(Cl)c1[N+](=O)[O-]. The molecule has 6 nitrogen and oxygen atoms in total. The van der Waals surface area contributed by atoms with Gasteiger partial charge in [0.1, 0.15) is 12.1 Å². The molecule has 0 saturated carbocycles. The highest BCUT2D eigenvalue weighted by Crippen LogP contribution is 2.37. The molecular formula is C14H14ClN3O3. The Morgan fingerprint density at radius 2 is 1.90 bits per heavy atom. The van der Waals surface area contributed by atoms with Crippen molar-refractivity contribution in [2.45, 2.75) is 26.2 Å². The number of nitrogens with zero attached hydrogens (tertiary/aromatic N) is 3. The molecule has 0 amide bonds. The zero-order valence-electron chi connectivity index (χ0n) is 11.8. The van der Waals surface area contributed by atoms with E-state index < -0.39 is 10.6 Å². The van der Waals surface area contributed by atoms with Crippen molar-refractivity contribution < 1.29 is 9.66 Å². The van der Waals surface area contributed by atoms with Crippen LogP contribution < -0.4 is 4.74 Å². The molecule has 110 valence electrons. The summed E-state index contributed by atoms with van der Waals surface area (Å²) in [5.74, 6) is 0.333. The van der Waals surface area contributed by atoms with Crippen LogP contribution in [0, 0.1) is 10.1 Å². The maximum atomic E-state index is 11.1. The van der Waals surface area contributed by atoms with Crippen molar-refractivity contribution in [3.05, 3.63) is 51.4 Å². The Morgan fingerprint density at radius 3 is 2.52 bits per heavy atom. The second-order valence-electron chi connectivity index (χ2n) is 5.42. The van der Waals surface area contributed by atoms with Crippen LogP contribution in [0.3, 0.4) is 0 Å². The molecule has 0 radical (unpaired) electrons. The molecular weight excluding hydrogens is 294 g/mol.